The van der Waals surface area contributed by atoms with E-state index in [1.807, 2.05) is 6.92 Å². The number of piperidine rings is 1. The summed E-state index contributed by atoms with van der Waals surface area (Å²) in [6.07, 6.45) is 3.33. The Hall–Kier alpha value is -2.27. The maximum absolute atomic E-state index is 14.9. The van der Waals surface area contributed by atoms with Crippen molar-refractivity contribution in [3.63, 3.8) is 0 Å². The highest BCUT2D eigenvalue weighted by atomic mass is 35.5. The zero-order valence-electron chi connectivity index (χ0n) is 21.9. The van der Waals surface area contributed by atoms with Gasteiger partial charge in [-0.15, -0.1) is 0 Å². The second kappa shape index (κ2) is 11.7. The molecule has 1 aliphatic carbocycles. The van der Waals surface area contributed by atoms with Crippen molar-refractivity contribution in [2.45, 2.75) is 62.0 Å². The van der Waals surface area contributed by atoms with Gasteiger partial charge < -0.3 is 9.64 Å². The molecule has 3 fully saturated rings. The lowest BCUT2D eigenvalue weighted by Crippen LogP contribution is -2.55. The molecule has 212 valence electrons. The van der Waals surface area contributed by atoms with Gasteiger partial charge in [0.25, 0.3) is 0 Å². The Bertz CT molecular complexity index is 1290. The van der Waals surface area contributed by atoms with Gasteiger partial charge in [-0.25, -0.2) is 22.0 Å². The highest BCUT2D eigenvalue weighted by Crippen LogP contribution is 2.40. The lowest BCUT2D eigenvalue weighted by molar-refractivity contribution is 0.0315. The van der Waals surface area contributed by atoms with Gasteiger partial charge in [0.1, 0.15) is 18.2 Å². The minimum Gasteiger partial charge on any atom is -0.448 e. The van der Waals surface area contributed by atoms with E-state index in [0.29, 0.717) is 30.8 Å². The van der Waals surface area contributed by atoms with Crippen molar-refractivity contribution in [2.24, 2.45) is 5.92 Å². The average Bonchev–Trinajstić information content (AvgIpc) is 3.73. The fourth-order valence-corrected chi connectivity index (χ4v) is 7.72. The van der Waals surface area contributed by atoms with Gasteiger partial charge in [0, 0.05) is 42.8 Å². The Kier molecular flexibility index (Phi) is 8.47. The first-order valence-corrected chi connectivity index (χ1v) is 15.3. The first-order valence-electron chi connectivity index (χ1n) is 13.5. The molecule has 2 aromatic rings. The third-order valence-electron chi connectivity index (χ3n) is 7.95. The second-order valence-corrected chi connectivity index (χ2v) is 13.2. The van der Waals surface area contributed by atoms with Gasteiger partial charge in [0.2, 0.25) is 10.0 Å². The van der Waals surface area contributed by atoms with E-state index in [1.165, 1.54) is 41.4 Å². The van der Waals surface area contributed by atoms with Crippen molar-refractivity contribution in [1.29, 1.82) is 0 Å². The summed E-state index contributed by atoms with van der Waals surface area (Å²) in [5, 5.41) is 0.372. The molecule has 7 nitrogen and oxygen atoms in total. The van der Waals surface area contributed by atoms with Gasteiger partial charge in [0.05, 0.1) is 17.0 Å². The largest absolute Gasteiger partial charge is 0.448 e. The topological polar surface area (TPSA) is 70.2 Å². The Morgan fingerprint density at radius 2 is 1.79 bits per heavy atom. The fourth-order valence-electron chi connectivity index (χ4n) is 5.75. The van der Waals surface area contributed by atoms with Crippen LogP contribution in [0.1, 0.15) is 50.6 Å². The van der Waals surface area contributed by atoms with Crippen LogP contribution in [0.4, 0.5) is 13.6 Å². The maximum Gasteiger partial charge on any atom is 0.410 e. The highest BCUT2D eigenvalue weighted by Gasteiger charge is 2.43. The molecule has 0 N–H and O–H groups in total. The predicted octanol–water partition coefficient (Wildman–Crippen LogP) is 5.46. The summed E-state index contributed by atoms with van der Waals surface area (Å²) in [5.41, 5.74) is -0.0380. The molecule has 3 aliphatic rings. The van der Waals surface area contributed by atoms with Crippen molar-refractivity contribution in [3.05, 3.63) is 64.7 Å². The Labute approximate surface area is 233 Å². The summed E-state index contributed by atoms with van der Waals surface area (Å²) in [7, 11) is -4.18. The second-order valence-electron chi connectivity index (χ2n) is 10.9. The maximum atomic E-state index is 14.9. The number of rotatable bonds is 7. The van der Waals surface area contributed by atoms with Crippen LogP contribution in [0.5, 0.6) is 0 Å². The number of amides is 1. The van der Waals surface area contributed by atoms with Crippen molar-refractivity contribution < 1.29 is 26.7 Å². The van der Waals surface area contributed by atoms with E-state index in [4.69, 9.17) is 16.3 Å². The third-order valence-corrected chi connectivity index (χ3v) is 10.2. The molecule has 0 spiro atoms. The standard InChI is InChI=1S/C28H34ClF2N3O4S/c1-19-16-32(17-20-5-6-20)13-14-33(19)28(35)38-18-23-3-2-4-27(25-15-22(30)9-12-26(25)31)34(23)39(36,37)24-10-7-21(29)8-11-24/h7-12,15,19-20,23,27H,2-6,13-14,16-18H2,1H3/t19?,23-,27+/m1/s1. The Morgan fingerprint density at radius 3 is 2.49 bits per heavy atom. The minimum atomic E-state index is -4.18. The van der Waals surface area contributed by atoms with Crippen LogP contribution in [0, 0.1) is 17.6 Å². The van der Waals surface area contributed by atoms with Crippen LogP contribution in [0.25, 0.3) is 0 Å². The molecular formula is C28H34ClF2N3O4S. The number of nitrogens with zero attached hydrogens (tertiary/aromatic N) is 3. The van der Waals surface area contributed by atoms with Crippen LogP contribution >= 0.6 is 11.6 Å². The zero-order valence-corrected chi connectivity index (χ0v) is 23.5. The third kappa shape index (κ3) is 6.39. The molecule has 11 heteroatoms. The van der Waals surface area contributed by atoms with Crippen LogP contribution < -0.4 is 0 Å². The molecule has 5 rings (SSSR count). The van der Waals surface area contributed by atoms with Gasteiger partial charge in [0.15, 0.2) is 0 Å². The van der Waals surface area contributed by atoms with Gasteiger partial charge in [-0.05, 0) is 87.4 Å². The summed E-state index contributed by atoms with van der Waals surface area (Å²) < 4.78 is 63.8. The van der Waals surface area contributed by atoms with E-state index >= 15 is 0 Å². The molecule has 1 amide bonds. The van der Waals surface area contributed by atoms with Gasteiger partial charge in [-0.1, -0.05) is 11.6 Å². The van der Waals surface area contributed by atoms with Crippen LogP contribution in [-0.2, 0) is 14.8 Å². The minimum absolute atomic E-state index is 0.0210. The number of hydrogen-bond donors (Lipinski definition) is 0. The van der Waals surface area contributed by atoms with Crippen LogP contribution in [-0.4, -0.2) is 73.5 Å². The Morgan fingerprint density at radius 1 is 1.05 bits per heavy atom. The molecule has 39 heavy (non-hydrogen) atoms. The summed E-state index contributed by atoms with van der Waals surface area (Å²) in [5.74, 6) is -0.571. The molecule has 1 unspecified atom stereocenters. The van der Waals surface area contributed by atoms with E-state index in [1.54, 1.807) is 4.90 Å². The van der Waals surface area contributed by atoms with Gasteiger partial charge in [-0.2, -0.15) is 4.31 Å². The van der Waals surface area contributed by atoms with Crippen molar-refractivity contribution >= 4 is 27.7 Å². The van der Waals surface area contributed by atoms with Crippen molar-refractivity contribution in [1.82, 2.24) is 14.1 Å². The molecule has 2 heterocycles. The SMILES string of the molecule is CC1CN(CC2CC2)CCN1C(=O)OC[C@H]1CCC[C@@H](c2cc(F)ccc2F)N1S(=O)(=O)c1ccc(Cl)cc1. The molecular weight excluding hydrogens is 548 g/mol. The van der Waals surface area contributed by atoms with E-state index in [9.17, 15) is 22.0 Å². The van der Waals surface area contributed by atoms with Crippen LogP contribution in [0.3, 0.4) is 0 Å². The molecule has 2 aliphatic heterocycles. The summed E-state index contributed by atoms with van der Waals surface area (Å²) >= 11 is 5.98. The van der Waals surface area contributed by atoms with E-state index in [0.717, 1.165) is 43.8 Å². The summed E-state index contributed by atoms with van der Waals surface area (Å²) in [6, 6.07) is 7.03. The monoisotopic (exact) mass is 581 g/mol. The zero-order chi connectivity index (χ0) is 27.7. The normalized spacial score (nSPS) is 25.0. The molecule has 0 bridgehead atoms. The van der Waals surface area contributed by atoms with E-state index in [2.05, 4.69) is 4.90 Å². The molecule has 0 aromatic heterocycles. The van der Waals surface area contributed by atoms with E-state index in [-0.39, 0.29) is 23.1 Å². The fraction of sp³-hybridized carbons (Fsp3) is 0.536. The predicted molar refractivity (Wildman–Crippen MR) is 144 cm³/mol. The van der Waals surface area contributed by atoms with E-state index < -0.39 is 39.8 Å². The number of sulfonamides is 1. The summed E-state index contributed by atoms with van der Waals surface area (Å²) in [6.45, 7) is 4.95. The molecule has 0 radical (unpaired) electrons. The first kappa shape index (κ1) is 28.3. The molecule has 2 saturated heterocycles. The van der Waals surface area contributed by atoms with Crippen LogP contribution in [0.2, 0.25) is 5.02 Å². The number of piperazine rings is 1. The lowest BCUT2D eigenvalue weighted by atomic mass is 9.93. The number of ether oxygens (including phenoxy) is 1. The smallest absolute Gasteiger partial charge is 0.410 e. The van der Waals surface area contributed by atoms with Gasteiger partial charge in [-0.3, -0.25) is 4.90 Å². The van der Waals surface area contributed by atoms with Crippen LogP contribution in [0.15, 0.2) is 47.4 Å². The van der Waals surface area contributed by atoms with Crippen molar-refractivity contribution in [3.8, 4) is 0 Å². The average molecular weight is 582 g/mol. The molecule has 1 saturated carbocycles. The number of halogens is 3. The molecule has 2 aromatic carbocycles. The summed E-state index contributed by atoms with van der Waals surface area (Å²) in [4.78, 5) is 17.1. The molecule has 3 atom stereocenters. The quantitative estimate of drug-likeness (QED) is 0.435. The number of hydrogen-bond acceptors (Lipinski definition) is 5. The number of carbonyl (C=O) groups is 1. The number of benzene rings is 2. The van der Waals surface area contributed by atoms with Gasteiger partial charge >= 0.3 is 6.09 Å². The Balaban J connectivity index is 1.36. The first-order chi connectivity index (χ1) is 18.6. The highest BCUT2D eigenvalue weighted by molar-refractivity contribution is 7.89. The van der Waals surface area contributed by atoms with Crippen molar-refractivity contribution in [2.75, 3.05) is 32.8 Å². The lowest BCUT2D eigenvalue weighted by Gasteiger charge is -2.42. The number of carbonyl (C=O) groups excluding carboxylic acids is 1.